The maximum atomic E-state index is 11.8. The summed E-state index contributed by atoms with van der Waals surface area (Å²) in [5.74, 6) is 0.553. The van der Waals surface area contributed by atoms with E-state index in [-0.39, 0.29) is 13.0 Å². The quantitative estimate of drug-likeness (QED) is 0.750. The van der Waals surface area contributed by atoms with Crippen molar-refractivity contribution in [1.82, 2.24) is 0 Å². The zero-order valence-electron chi connectivity index (χ0n) is 8.12. The Labute approximate surface area is 87.1 Å². The predicted octanol–water partition coefficient (Wildman–Crippen LogP) is 2.79. The monoisotopic (exact) mass is 211 g/mol. The van der Waals surface area contributed by atoms with Crippen LogP contribution < -0.4 is 4.74 Å². The average Bonchev–Trinajstić information content (AvgIpc) is 2.20. The van der Waals surface area contributed by atoms with Gasteiger partial charge in [-0.25, -0.2) is 8.78 Å². The van der Waals surface area contributed by atoms with E-state index in [1.807, 2.05) is 6.07 Å². The minimum atomic E-state index is -2.33. The Balaban J connectivity index is 2.40. The summed E-state index contributed by atoms with van der Waals surface area (Å²) in [6, 6.07) is 8.88. The number of benzene rings is 1. The summed E-state index contributed by atoms with van der Waals surface area (Å²) in [5, 5.41) is 8.43. The number of nitrogens with zero attached hydrogens (tertiary/aromatic N) is 1. The van der Waals surface area contributed by atoms with Crippen LogP contribution in [0.2, 0.25) is 0 Å². The Morgan fingerprint density at radius 1 is 1.27 bits per heavy atom. The van der Waals surface area contributed by atoms with Gasteiger partial charge in [-0.15, -0.1) is 0 Å². The number of hydrogen-bond donors (Lipinski definition) is 0. The van der Waals surface area contributed by atoms with E-state index in [9.17, 15) is 8.78 Å². The van der Waals surface area contributed by atoms with Crippen molar-refractivity contribution in [2.75, 3.05) is 6.61 Å². The van der Waals surface area contributed by atoms with Crippen molar-refractivity contribution in [2.45, 2.75) is 19.3 Å². The molecule has 2 nitrogen and oxygen atoms in total. The second-order valence-corrected chi connectivity index (χ2v) is 3.01. The molecular weight excluding hydrogens is 200 g/mol. The third kappa shape index (κ3) is 4.41. The first-order valence-corrected chi connectivity index (χ1v) is 4.59. The summed E-state index contributed by atoms with van der Waals surface area (Å²) in [7, 11) is 0. The van der Waals surface area contributed by atoms with Gasteiger partial charge in [0, 0.05) is 6.42 Å². The van der Waals surface area contributed by atoms with Gasteiger partial charge in [0.25, 0.3) is 0 Å². The molecule has 0 saturated carbocycles. The summed E-state index contributed by atoms with van der Waals surface area (Å²) in [5.41, 5.74) is 0.888. The minimum Gasteiger partial charge on any atom is -0.493 e. The maximum absolute atomic E-state index is 11.8. The third-order valence-electron chi connectivity index (χ3n) is 1.81. The molecule has 0 N–H and O–H groups in total. The van der Waals surface area contributed by atoms with Crippen LogP contribution in [0, 0.1) is 11.3 Å². The van der Waals surface area contributed by atoms with E-state index in [0.29, 0.717) is 12.2 Å². The lowest BCUT2D eigenvalue weighted by Crippen LogP contribution is -2.02. The molecule has 0 aromatic heterocycles. The standard InChI is InChI=1S/C11H11F2NO/c12-11(13)6-8-15-10-3-1-9(2-4-10)5-7-14/h1-4,11H,5-6,8H2. The first kappa shape index (κ1) is 11.4. The molecule has 1 aromatic rings. The lowest BCUT2D eigenvalue weighted by molar-refractivity contribution is 0.114. The molecule has 1 aromatic carbocycles. The molecule has 0 aliphatic heterocycles. The van der Waals surface area contributed by atoms with Gasteiger partial charge in [-0.2, -0.15) is 5.26 Å². The molecule has 0 saturated heterocycles. The van der Waals surface area contributed by atoms with Crippen LogP contribution in [0.25, 0.3) is 0 Å². The van der Waals surface area contributed by atoms with Crippen molar-refractivity contribution in [3.8, 4) is 11.8 Å². The molecule has 0 amide bonds. The minimum absolute atomic E-state index is 0.00919. The van der Waals surface area contributed by atoms with Gasteiger partial charge >= 0.3 is 0 Å². The van der Waals surface area contributed by atoms with Crippen LogP contribution in [-0.2, 0) is 6.42 Å². The number of halogens is 2. The van der Waals surface area contributed by atoms with E-state index in [0.717, 1.165) is 5.56 Å². The molecule has 0 spiro atoms. The molecule has 4 heteroatoms. The maximum Gasteiger partial charge on any atom is 0.241 e. The van der Waals surface area contributed by atoms with Crippen LogP contribution >= 0.6 is 0 Å². The van der Waals surface area contributed by atoms with Gasteiger partial charge in [-0.05, 0) is 17.7 Å². The molecule has 80 valence electrons. The number of nitriles is 1. The molecule has 0 radical (unpaired) electrons. The summed E-state index contributed by atoms with van der Waals surface area (Å²) in [4.78, 5) is 0. The lowest BCUT2D eigenvalue weighted by Gasteiger charge is -2.05. The Morgan fingerprint density at radius 3 is 2.47 bits per heavy atom. The summed E-state index contributed by atoms with van der Waals surface area (Å²) >= 11 is 0. The molecule has 0 aliphatic rings. The normalized spacial score (nSPS) is 10.0. The number of hydrogen-bond acceptors (Lipinski definition) is 2. The summed E-state index contributed by atoms with van der Waals surface area (Å²) in [6.07, 6.45) is -2.25. The Kier molecular flexibility index (Phi) is 4.55. The SMILES string of the molecule is N#CCc1ccc(OCCC(F)F)cc1. The first-order valence-electron chi connectivity index (χ1n) is 4.59. The van der Waals surface area contributed by atoms with Gasteiger partial charge in [-0.1, -0.05) is 12.1 Å². The van der Waals surface area contributed by atoms with E-state index >= 15 is 0 Å². The van der Waals surface area contributed by atoms with Gasteiger partial charge in [0.1, 0.15) is 5.75 Å². The average molecular weight is 211 g/mol. The molecule has 0 bridgehead atoms. The van der Waals surface area contributed by atoms with E-state index in [1.165, 1.54) is 0 Å². The molecule has 0 aliphatic carbocycles. The Bertz CT molecular complexity index is 329. The number of ether oxygens (including phenoxy) is 1. The fraction of sp³-hybridized carbons (Fsp3) is 0.364. The van der Waals surface area contributed by atoms with E-state index in [2.05, 4.69) is 0 Å². The highest BCUT2D eigenvalue weighted by Crippen LogP contribution is 2.13. The van der Waals surface area contributed by atoms with Crippen LogP contribution in [0.1, 0.15) is 12.0 Å². The first-order chi connectivity index (χ1) is 7.22. The van der Waals surface area contributed by atoms with Crippen LogP contribution in [0.3, 0.4) is 0 Å². The van der Waals surface area contributed by atoms with Crippen LogP contribution in [0.15, 0.2) is 24.3 Å². The van der Waals surface area contributed by atoms with Crippen LogP contribution in [0.4, 0.5) is 8.78 Å². The molecule has 0 unspecified atom stereocenters. The zero-order chi connectivity index (χ0) is 11.1. The van der Waals surface area contributed by atoms with Crippen LogP contribution in [0.5, 0.6) is 5.75 Å². The molecule has 0 fully saturated rings. The Morgan fingerprint density at radius 2 is 1.93 bits per heavy atom. The summed E-state index contributed by atoms with van der Waals surface area (Å²) < 4.78 is 28.7. The van der Waals surface area contributed by atoms with Crippen molar-refractivity contribution < 1.29 is 13.5 Å². The molecule has 15 heavy (non-hydrogen) atoms. The highest BCUT2D eigenvalue weighted by molar-refractivity contribution is 5.28. The van der Waals surface area contributed by atoms with Gasteiger partial charge in [0.15, 0.2) is 0 Å². The van der Waals surface area contributed by atoms with Gasteiger partial charge in [0.05, 0.1) is 19.1 Å². The fourth-order valence-electron chi connectivity index (χ4n) is 1.06. The van der Waals surface area contributed by atoms with Gasteiger partial charge < -0.3 is 4.74 Å². The highest BCUT2D eigenvalue weighted by atomic mass is 19.3. The fourth-order valence-corrected chi connectivity index (χ4v) is 1.06. The number of alkyl halides is 2. The largest absolute Gasteiger partial charge is 0.493 e. The van der Waals surface area contributed by atoms with E-state index < -0.39 is 6.43 Å². The number of rotatable bonds is 5. The molecule has 0 heterocycles. The van der Waals surface area contributed by atoms with Crippen LogP contribution in [-0.4, -0.2) is 13.0 Å². The second kappa shape index (κ2) is 5.97. The van der Waals surface area contributed by atoms with E-state index in [4.69, 9.17) is 10.00 Å². The molecular formula is C11H11F2NO. The van der Waals surface area contributed by atoms with Crippen molar-refractivity contribution in [1.29, 1.82) is 5.26 Å². The van der Waals surface area contributed by atoms with Crippen molar-refractivity contribution in [3.63, 3.8) is 0 Å². The highest BCUT2D eigenvalue weighted by Gasteiger charge is 2.02. The zero-order valence-corrected chi connectivity index (χ0v) is 8.12. The third-order valence-corrected chi connectivity index (χ3v) is 1.81. The smallest absolute Gasteiger partial charge is 0.241 e. The topological polar surface area (TPSA) is 33.0 Å². The second-order valence-electron chi connectivity index (χ2n) is 3.01. The Hall–Kier alpha value is -1.63. The van der Waals surface area contributed by atoms with Crippen molar-refractivity contribution >= 4 is 0 Å². The van der Waals surface area contributed by atoms with Gasteiger partial charge in [0.2, 0.25) is 6.43 Å². The lowest BCUT2D eigenvalue weighted by atomic mass is 10.2. The van der Waals surface area contributed by atoms with Gasteiger partial charge in [-0.3, -0.25) is 0 Å². The summed E-state index contributed by atoms with van der Waals surface area (Å²) in [6.45, 7) is 0.00919. The predicted molar refractivity (Wildman–Crippen MR) is 51.9 cm³/mol. The molecule has 1 rings (SSSR count). The van der Waals surface area contributed by atoms with E-state index in [1.54, 1.807) is 24.3 Å². The molecule has 0 atom stereocenters. The van der Waals surface area contributed by atoms with Crippen molar-refractivity contribution in [2.24, 2.45) is 0 Å². The van der Waals surface area contributed by atoms with Crippen molar-refractivity contribution in [3.05, 3.63) is 29.8 Å².